The minimum absolute atomic E-state index is 0.145. The van der Waals surface area contributed by atoms with Crippen molar-refractivity contribution in [2.24, 2.45) is 7.05 Å². The van der Waals surface area contributed by atoms with Crippen LogP contribution in [0.15, 0.2) is 68.0 Å². The van der Waals surface area contributed by atoms with Crippen molar-refractivity contribution in [3.63, 3.8) is 0 Å². The third-order valence-electron chi connectivity index (χ3n) is 4.92. The van der Waals surface area contributed by atoms with Crippen LogP contribution in [0.5, 0.6) is 5.75 Å². The van der Waals surface area contributed by atoms with Crippen LogP contribution >= 0.6 is 27.3 Å². The van der Waals surface area contributed by atoms with Crippen molar-refractivity contribution in [1.29, 1.82) is 0 Å². The molecule has 0 bridgehead atoms. The Morgan fingerprint density at radius 3 is 2.37 bits per heavy atom. The first-order valence-corrected chi connectivity index (χ1v) is 10.7. The van der Waals surface area contributed by atoms with Gasteiger partial charge in [0.1, 0.15) is 10.6 Å². The summed E-state index contributed by atoms with van der Waals surface area (Å²) in [7, 11) is 3.02. The van der Waals surface area contributed by atoms with Gasteiger partial charge in [0.25, 0.3) is 5.56 Å². The van der Waals surface area contributed by atoms with Crippen molar-refractivity contribution < 1.29 is 9.53 Å². The maximum absolute atomic E-state index is 12.9. The minimum Gasteiger partial charge on any atom is -0.497 e. The quantitative estimate of drug-likeness (QED) is 0.400. The summed E-state index contributed by atoms with van der Waals surface area (Å²) in [5, 5.41) is 2.27. The van der Waals surface area contributed by atoms with Crippen LogP contribution in [-0.4, -0.2) is 22.0 Å². The van der Waals surface area contributed by atoms with Crippen molar-refractivity contribution in [1.82, 2.24) is 9.13 Å². The second-order valence-corrected chi connectivity index (χ2v) is 8.49. The molecule has 0 aliphatic rings. The van der Waals surface area contributed by atoms with Crippen LogP contribution in [0.4, 0.5) is 0 Å². The van der Waals surface area contributed by atoms with Gasteiger partial charge in [0.15, 0.2) is 5.78 Å². The van der Waals surface area contributed by atoms with E-state index < -0.39 is 5.69 Å². The van der Waals surface area contributed by atoms with Crippen LogP contribution in [-0.2, 0) is 13.6 Å². The second-order valence-electron chi connectivity index (χ2n) is 6.72. The summed E-state index contributed by atoms with van der Waals surface area (Å²) in [6.07, 6.45) is 0. The molecule has 4 rings (SSSR count). The van der Waals surface area contributed by atoms with E-state index in [0.29, 0.717) is 21.5 Å². The van der Waals surface area contributed by atoms with Gasteiger partial charge in [-0.25, -0.2) is 4.79 Å². The lowest BCUT2D eigenvalue weighted by Crippen LogP contribution is -2.39. The van der Waals surface area contributed by atoms with Gasteiger partial charge in [0.2, 0.25) is 0 Å². The van der Waals surface area contributed by atoms with Crippen LogP contribution in [0.3, 0.4) is 0 Å². The number of hydrogen-bond acceptors (Lipinski definition) is 5. The highest BCUT2D eigenvalue weighted by Crippen LogP contribution is 2.32. The fourth-order valence-electron chi connectivity index (χ4n) is 3.27. The molecule has 0 unspecified atom stereocenters. The Hall–Kier alpha value is -2.97. The third kappa shape index (κ3) is 3.53. The molecule has 0 atom stereocenters. The van der Waals surface area contributed by atoms with Crippen LogP contribution in [0, 0.1) is 0 Å². The van der Waals surface area contributed by atoms with E-state index in [1.54, 1.807) is 31.4 Å². The SMILES string of the molecule is COc1ccc(-c2csc3c2c(=O)n(C)c(=O)n3CC(=O)c2ccc(Br)cc2)cc1. The van der Waals surface area contributed by atoms with Crippen molar-refractivity contribution in [2.75, 3.05) is 7.11 Å². The number of methoxy groups -OCH3 is 1. The highest BCUT2D eigenvalue weighted by Gasteiger charge is 2.19. The van der Waals surface area contributed by atoms with Crippen molar-refractivity contribution in [3.8, 4) is 16.9 Å². The molecule has 30 heavy (non-hydrogen) atoms. The average molecular weight is 485 g/mol. The summed E-state index contributed by atoms with van der Waals surface area (Å²) < 4.78 is 8.49. The molecule has 0 N–H and O–H groups in total. The average Bonchev–Trinajstić information content (AvgIpc) is 3.20. The maximum atomic E-state index is 12.9. The van der Waals surface area contributed by atoms with Crippen LogP contribution in [0.2, 0.25) is 0 Å². The topological polar surface area (TPSA) is 70.3 Å². The first-order valence-electron chi connectivity index (χ1n) is 9.05. The summed E-state index contributed by atoms with van der Waals surface area (Å²) in [5.74, 6) is 0.507. The molecule has 0 aliphatic carbocycles. The van der Waals surface area contributed by atoms with Crippen LogP contribution in [0.25, 0.3) is 21.3 Å². The number of rotatable bonds is 5. The maximum Gasteiger partial charge on any atom is 0.332 e. The van der Waals surface area contributed by atoms with Gasteiger partial charge in [0.05, 0.1) is 19.0 Å². The van der Waals surface area contributed by atoms with E-state index in [-0.39, 0.29) is 17.9 Å². The van der Waals surface area contributed by atoms with Gasteiger partial charge in [-0.1, -0.05) is 40.2 Å². The largest absolute Gasteiger partial charge is 0.497 e. The Bertz CT molecular complexity index is 1370. The summed E-state index contributed by atoms with van der Waals surface area (Å²) in [6, 6.07) is 14.3. The molecule has 152 valence electrons. The Morgan fingerprint density at radius 2 is 1.73 bits per heavy atom. The molecule has 0 amide bonds. The zero-order valence-corrected chi connectivity index (χ0v) is 18.6. The molecule has 6 nitrogen and oxygen atoms in total. The lowest BCUT2D eigenvalue weighted by Gasteiger charge is -2.10. The van der Waals surface area contributed by atoms with Gasteiger partial charge < -0.3 is 4.74 Å². The Morgan fingerprint density at radius 1 is 1.07 bits per heavy atom. The van der Waals surface area contributed by atoms with Crippen molar-refractivity contribution in [2.45, 2.75) is 6.54 Å². The lowest BCUT2D eigenvalue weighted by atomic mass is 10.1. The highest BCUT2D eigenvalue weighted by atomic mass is 79.9. The number of thiophene rings is 1. The smallest absolute Gasteiger partial charge is 0.332 e. The number of Topliss-reactive ketones (excluding diaryl/α,β-unsaturated/α-hetero) is 1. The van der Waals surface area contributed by atoms with Gasteiger partial charge >= 0.3 is 5.69 Å². The molecule has 0 aliphatic heterocycles. The van der Waals surface area contributed by atoms with E-state index in [2.05, 4.69) is 15.9 Å². The highest BCUT2D eigenvalue weighted by molar-refractivity contribution is 9.10. The lowest BCUT2D eigenvalue weighted by molar-refractivity contribution is 0.0971. The number of nitrogens with zero attached hydrogens (tertiary/aromatic N) is 2. The number of aromatic nitrogens is 2. The van der Waals surface area contributed by atoms with Gasteiger partial charge in [-0.05, 0) is 29.8 Å². The zero-order chi connectivity index (χ0) is 21.4. The van der Waals surface area contributed by atoms with Crippen LogP contribution in [0.1, 0.15) is 10.4 Å². The molecule has 0 radical (unpaired) electrons. The molecular weight excluding hydrogens is 468 g/mol. The number of carbonyl (C=O) groups excluding carboxylic acids is 1. The molecule has 0 spiro atoms. The standard InChI is InChI=1S/C22H17BrN2O4S/c1-24-20(27)19-17(13-5-9-16(29-2)10-6-13)12-30-21(19)25(22(24)28)11-18(26)14-3-7-15(23)8-4-14/h3-10,12H,11H2,1-2H3. The number of fused-ring (bicyclic) bond motifs is 1. The summed E-state index contributed by atoms with van der Waals surface area (Å²) in [6.45, 7) is -0.145. The molecular formula is C22H17BrN2O4S. The number of ether oxygens (including phenoxy) is 1. The summed E-state index contributed by atoms with van der Waals surface area (Å²) in [4.78, 5) is 39.0. The van der Waals surface area contributed by atoms with Gasteiger partial charge in [-0.3, -0.25) is 18.7 Å². The molecule has 2 aromatic carbocycles. The van der Waals surface area contributed by atoms with Gasteiger partial charge in [-0.15, -0.1) is 11.3 Å². The monoisotopic (exact) mass is 484 g/mol. The number of benzene rings is 2. The minimum atomic E-state index is -0.513. The molecule has 8 heteroatoms. The van der Waals surface area contributed by atoms with Crippen molar-refractivity contribution in [3.05, 3.63) is 84.8 Å². The molecule has 0 fully saturated rings. The molecule has 0 saturated carbocycles. The fourth-order valence-corrected chi connectivity index (χ4v) is 4.60. The van der Waals surface area contributed by atoms with Gasteiger partial charge in [0, 0.05) is 28.0 Å². The predicted octanol–water partition coefficient (Wildman–Crippen LogP) is 4.08. The van der Waals surface area contributed by atoms with E-state index in [1.807, 2.05) is 29.6 Å². The first-order chi connectivity index (χ1) is 14.4. The molecule has 2 aromatic heterocycles. The van der Waals surface area contributed by atoms with E-state index in [0.717, 1.165) is 20.2 Å². The van der Waals surface area contributed by atoms with Crippen LogP contribution < -0.4 is 16.0 Å². The van der Waals surface area contributed by atoms with Crippen molar-refractivity contribution >= 4 is 43.3 Å². The number of carbonyl (C=O) groups is 1. The zero-order valence-electron chi connectivity index (χ0n) is 16.2. The van der Waals surface area contributed by atoms with E-state index in [9.17, 15) is 14.4 Å². The summed E-state index contributed by atoms with van der Waals surface area (Å²) >= 11 is 4.63. The number of halogens is 1. The van der Waals surface area contributed by atoms with E-state index in [1.165, 1.54) is 23.0 Å². The fraction of sp³-hybridized carbons (Fsp3) is 0.136. The Kier molecular flexibility index (Phi) is 5.44. The first kappa shape index (κ1) is 20.3. The third-order valence-corrected chi connectivity index (χ3v) is 6.45. The molecule has 2 heterocycles. The number of hydrogen-bond donors (Lipinski definition) is 0. The Balaban J connectivity index is 1.85. The predicted molar refractivity (Wildman–Crippen MR) is 122 cm³/mol. The Labute approximate surface area is 184 Å². The summed E-state index contributed by atoms with van der Waals surface area (Å²) in [5.41, 5.74) is 1.17. The molecule has 0 saturated heterocycles. The second kappa shape index (κ2) is 8.04. The number of ketones is 1. The van der Waals surface area contributed by atoms with Gasteiger partial charge in [-0.2, -0.15) is 0 Å². The van der Waals surface area contributed by atoms with E-state index >= 15 is 0 Å². The molecule has 4 aromatic rings. The van der Waals surface area contributed by atoms with E-state index in [4.69, 9.17) is 4.74 Å². The normalized spacial score (nSPS) is 11.0.